The summed E-state index contributed by atoms with van der Waals surface area (Å²) in [5.41, 5.74) is 5.90. The first kappa shape index (κ1) is 16.9. The van der Waals surface area contributed by atoms with Gasteiger partial charge in [-0.25, -0.2) is 13.2 Å². The zero-order valence-electron chi connectivity index (χ0n) is 11.5. The molecular weight excluding hydrogens is 296 g/mol. The van der Waals surface area contributed by atoms with Crippen molar-refractivity contribution in [1.29, 1.82) is 0 Å². The van der Waals surface area contributed by atoms with Crippen LogP contribution in [-0.2, 0) is 19.6 Å². The summed E-state index contributed by atoms with van der Waals surface area (Å²) >= 11 is 0. The molecule has 0 fully saturated rings. The van der Waals surface area contributed by atoms with Gasteiger partial charge in [-0.05, 0) is 37.1 Å². The Morgan fingerprint density at radius 1 is 1.38 bits per heavy atom. The van der Waals surface area contributed by atoms with Crippen molar-refractivity contribution in [3.05, 3.63) is 35.4 Å². The van der Waals surface area contributed by atoms with Crippen LogP contribution in [0.15, 0.2) is 29.2 Å². The molecular formula is C13H16N2O5S. The summed E-state index contributed by atoms with van der Waals surface area (Å²) < 4.78 is 26.6. The predicted octanol–water partition coefficient (Wildman–Crippen LogP) is 0.245. The van der Waals surface area contributed by atoms with Crippen molar-refractivity contribution < 1.29 is 23.1 Å². The number of carboxylic acid groups (broad SMARTS) is 1. The maximum atomic E-state index is 12.2. The molecule has 0 heterocycles. The fourth-order valence-corrected chi connectivity index (χ4v) is 3.02. The maximum Gasteiger partial charge on any atom is 0.328 e. The van der Waals surface area contributed by atoms with Gasteiger partial charge in [-0.15, -0.1) is 0 Å². The number of aliphatic carboxylic acids is 1. The molecule has 0 saturated heterocycles. The molecule has 0 radical (unpaired) electrons. The lowest BCUT2D eigenvalue weighted by Gasteiger charge is -2.13. The van der Waals surface area contributed by atoms with Crippen molar-refractivity contribution in [2.45, 2.75) is 24.8 Å². The third-order valence-corrected chi connectivity index (χ3v) is 4.36. The van der Waals surface area contributed by atoms with Crippen LogP contribution in [0.2, 0.25) is 0 Å². The summed E-state index contributed by atoms with van der Waals surface area (Å²) in [6.45, 7) is 2.93. The van der Waals surface area contributed by atoms with Crippen LogP contribution in [0.3, 0.4) is 0 Å². The minimum absolute atomic E-state index is 0.0388. The number of hydrogen-bond acceptors (Lipinski definition) is 4. The average molecular weight is 312 g/mol. The van der Waals surface area contributed by atoms with E-state index in [2.05, 4.69) is 4.72 Å². The van der Waals surface area contributed by atoms with E-state index in [1.165, 1.54) is 19.1 Å². The highest BCUT2D eigenvalue weighted by atomic mass is 32.2. The second-order valence-electron chi connectivity index (χ2n) is 4.44. The molecule has 7 nitrogen and oxygen atoms in total. The number of primary amides is 1. The first-order valence-electron chi connectivity index (χ1n) is 5.97. The molecule has 4 N–H and O–H groups in total. The lowest BCUT2D eigenvalue weighted by Crippen LogP contribution is -2.42. The Labute approximate surface area is 122 Å². The second kappa shape index (κ2) is 6.51. The van der Waals surface area contributed by atoms with Gasteiger partial charge in [0.15, 0.2) is 0 Å². The van der Waals surface area contributed by atoms with E-state index in [9.17, 15) is 18.0 Å². The normalized spacial score (nSPS) is 13.2. The molecule has 1 amide bonds. The minimum atomic E-state index is -3.93. The number of aryl methyl sites for hydroxylation is 1. The number of sulfonamides is 1. The van der Waals surface area contributed by atoms with E-state index in [1.807, 2.05) is 0 Å². The van der Waals surface area contributed by atoms with E-state index in [0.717, 1.165) is 6.08 Å². The number of rotatable bonds is 6. The highest BCUT2D eigenvalue weighted by Crippen LogP contribution is 2.18. The molecule has 0 saturated carbocycles. The van der Waals surface area contributed by atoms with Crippen LogP contribution < -0.4 is 10.5 Å². The first-order valence-corrected chi connectivity index (χ1v) is 7.45. The van der Waals surface area contributed by atoms with Crippen molar-refractivity contribution in [2.24, 2.45) is 5.73 Å². The van der Waals surface area contributed by atoms with E-state index in [0.29, 0.717) is 11.1 Å². The maximum absolute atomic E-state index is 12.2. The van der Waals surface area contributed by atoms with Crippen molar-refractivity contribution in [3.8, 4) is 0 Å². The molecule has 0 aliphatic heterocycles. The molecule has 114 valence electrons. The summed E-state index contributed by atoms with van der Waals surface area (Å²) in [6.07, 6.45) is 2.18. The number of carbonyl (C=O) groups is 2. The summed E-state index contributed by atoms with van der Waals surface area (Å²) in [5, 5.41) is 8.57. The van der Waals surface area contributed by atoms with Gasteiger partial charge >= 0.3 is 5.97 Å². The Bertz CT molecular complexity index is 695. The molecule has 0 aliphatic carbocycles. The zero-order chi connectivity index (χ0) is 16.2. The minimum Gasteiger partial charge on any atom is -0.478 e. The van der Waals surface area contributed by atoms with Gasteiger partial charge in [0, 0.05) is 6.08 Å². The Morgan fingerprint density at radius 3 is 2.52 bits per heavy atom. The second-order valence-corrected chi connectivity index (χ2v) is 6.12. The van der Waals surface area contributed by atoms with Crippen LogP contribution in [0.4, 0.5) is 0 Å². The van der Waals surface area contributed by atoms with Crippen LogP contribution >= 0.6 is 0 Å². The van der Waals surface area contributed by atoms with E-state index < -0.39 is 27.9 Å². The van der Waals surface area contributed by atoms with Crippen molar-refractivity contribution in [2.75, 3.05) is 0 Å². The van der Waals surface area contributed by atoms with E-state index >= 15 is 0 Å². The molecule has 8 heteroatoms. The molecule has 0 aromatic heterocycles. The van der Waals surface area contributed by atoms with Crippen molar-refractivity contribution in [1.82, 2.24) is 4.72 Å². The average Bonchev–Trinajstić information content (AvgIpc) is 2.36. The number of hydrogen-bond donors (Lipinski definition) is 3. The lowest BCUT2D eigenvalue weighted by atomic mass is 10.1. The summed E-state index contributed by atoms with van der Waals surface area (Å²) in [5.74, 6) is -1.93. The molecule has 1 rings (SSSR count). The molecule has 0 spiro atoms. The zero-order valence-corrected chi connectivity index (χ0v) is 12.3. The molecule has 1 aromatic rings. The fraction of sp³-hybridized carbons (Fsp3) is 0.231. The highest BCUT2D eigenvalue weighted by Gasteiger charge is 2.22. The Kier molecular flexibility index (Phi) is 5.23. The summed E-state index contributed by atoms with van der Waals surface area (Å²) in [6, 6.07) is 3.41. The predicted molar refractivity (Wildman–Crippen MR) is 76.8 cm³/mol. The lowest BCUT2D eigenvalue weighted by molar-refractivity contribution is -0.131. The van der Waals surface area contributed by atoms with Gasteiger partial charge in [0.2, 0.25) is 15.9 Å². The number of nitrogens with one attached hydrogen (secondary N) is 1. The van der Waals surface area contributed by atoms with Crippen LogP contribution in [-0.4, -0.2) is 31.4 Å². The number of carbonyl (C=O) groups excluding carboxylic acids is 1. The molecule has 1 atom stereocenters. The Balaban J connectivity index is 3.19. The SMILES string of the molecule is Cc1ccc(C=CC(=O)O)cc1S(=O)(=O)NC(C)C(N)=O. The smallest absolute Gasteiger partial charge is 0.328 e. The topological polar surface area (TPSA) is 127 Å². The summed E-state index contributed by atoms with van der Waals surface area (Å²) in [4.78, 5) is 21.4. The molecule has 1 aromatic carbocycles. The third kappa shape index (κ3) is 4.69. The molecule has 0 aliphatic rings. The number of nitrogens with two attached hydrogens (primary N) is 1. The standard InChI is InChI=1S/C13H16N2O5S/c1-8-3-4-10(5-6-12(16)17)7-11(8)21(19,20)15-9(2)13(14)18/h3-7,9,15H,1-2H3,(H2,14,18)(H,16,17). The largest absolute Gasteiger partial charge is 0.478 e. The monoisotopic (exact) mass is 312 g/mol. The van der Waals surface area contributed by atoms with Crippen LogP contribution in [0.5, 0.6) is 0 Å². The van der Waals surface area contributed by atoms with Gasteiger partial charge in [-0.2, -0.15) is 4.72 Å². The van der Waals surface area contributed by atoms with Gasteiger partial charge in [0.1, 0.15) is 0 Å². The Morgan fingerprint density at radius 2 is 2.00 bits per heavy atom. The van der Waals surface area contributed by atoms with E-state index in [-0.39, 0.29) is 4.90 Å². The third-order valence-electron chi connectivity index (χ3n) is 2.68. The van der Waals surface area contributed by atoms with E-state index in [1.54, 1.807) is 19.1 Å². The molecule has 21 heavy (non-hydrogen) atoms. The highest BCUT2D eigenvalue weighted by molar-refractivity contribution is 7.89. The van der Waals surface area contributed by atoms with E-state index in [4.69, 9.17) is 10.8 Å². The quantitative estimate of drug-likeness (QED) is 0.649. The van der Waals surface area contributed by atoms with Gasteiger partial charge < -0.3 is 10.8 Å². The van der Waals surface area contributed by atoms with Gasteiger partial charge in [0.05, 0.1) is 10.9 Å². The van der Waals surface area contributed by atoms with Gasteiger partial charge in [-0.1, -0.05) is 12.1 Å². The molecule has 1 unspecified atom stereocenters. The van der Waals surface area contributed by atoms with Gasteiger partial charge in [-0.3, -0.25) is 4.79 Å². The fourth-order valence-electron chi connectivity index (χ4n) is 1.53. The van der Waals surface area contributed by atoms with Gasteiger partial charge in [0.25, 0.3) is 0 Å². The summed E-state index contributed by atoms with van der Waals surface area (Å²) in [7, 11) is -3.93. The van der Waals surface area contributed by atoms with Crippen LogP contribution in [0.25, 0.3) is 6.08 Å². The number of carboxylic acids is 1. The number of amides is 1. The molecule has 0 bridgehead atoms. The van der Waals surface area contributed by atoms with Crippen LogP contribution in [0.1, 0.15) is 18.1 Å². The Hall–Kier alpha value is -2.19. The number of benzene rings is 1. The van der Waals surface area contributed by atoms with Crippen LogP contribution in [0, 0.1) is 6.92 Å². The van der Waals surface area contributed by atoms with Crippen molar-refractivity contribution >= 4 is 28.0 Å². The first-order chi connectivity index (χ1) is 9.63. The van der Waals surface area contributed by atoms with Crippen molar-refractivity contribution in [3.63, 3.8) is 0 Å².